The molecule has 0 saturated carbocycles. The number of fused-ring (bicyclic) bond motifs is 1. The molecule has 4 N–H and O–H groups in total. The van der Waals surface area contributed by atoms with Gasteiger partial charge in [0.05, 0.1) is 11.1 Å². The molecule has 0 aliphatic carbocycles. The van der Waals surface area contributed by atoms with Gasteiger partial charge in [0.25, 0.3) is 5.91 Å². The summed E-state index contributed by atoms with van der Waals surface area (Å²) in [7, 11) is 0. The molecule has 1 aromatic heterocycles. The monoisotopic (exact) mass is 433 g/mol. The molecule has 8 heteroatoms. The molecular weight excluding hydrogens is 410 g/mol. The Hall–Kier alpha value is -3.67. The van der Waals surface area contributed by atoms with E-state index in [1.165, 1.54) is 12.1 Å². The van der Waals surface area contributed by atoms with Gasteiger partial charge in [-0.05, 0) is 75.3 Å². The minimum atomic E-state index is -1.92. The molecule has 32 heavy (non-hydrogen) atoms. The second-order valence-electron chi connectivity index (χ2n) is 7.86. The van der Waals surface area contributed by atoms with Gasteiger partial charge in [0, 0.05) is 22.6 Å². The van der Waals surface area contributed by atoms with Crippen LogP contribution in [0.15, 0.2) is 51.8 Å². The molecule has 8 nitrogen and oxygen atoms in total. The van der Waals surface area contributed by atoms with Crippen molar-refractivity contribution in [2.24, 2.45) is 5.92 Å². The molecule has 1 saturated heterocycles. The van der Waals surface area contributed by atoms with Crippen LogP contribution < -0.4 is 16.3 Å². The Morgan fingerprint density at radius 3 is 2.62 bits per heavy atom. The molecule has 1 aliphatic rings. The second kappa shape index (κ2) is 8.83. The Morgan fingerprint density at radius 2 is 1.91 bits per heavy atom. The summed E-state index contributed by atoms with van der Waals surface area (Å²) in [5.74, 6) is 4.77. The molecule has 4 rings (SSSR count). The van der Waals surface area contributed by atoms with Crippen LogP contribution >= 0.6 is 0 Å². The summed E-state index contributed by atoms with van der Waals surface area (Å²) in [6, 6.07) is 11.0. The third-order valence-electron chi connectivity index (χ3n) is 5.69. The highest BCUT2D eigenvalue weighted by Gasteiger charge is 2.43. The lowest BCUT2D eigenvalue weighted by Gasteiger charge is -2.33. The van der Waals surface area contributed by atoms with Crippen molar-refractivity contribution in [1.82, 2.24) is 10.5 Å². The zero-order chi connectivity index (χ0) is 22.7. The maximum atomic E-state index is 13.3. The Morgan fingerprint density at radius 1 is 1.19 bits per heavy atom. The molecule has 1 atom stereocenters. The molecule has 2 heterocycles. The first-order valence-electron chi connectivity index (χ1n) is 10.3. The normalized spacial score (nSPS) is 16.1. The van der Waals surface area contributed by atoms with Crippen LogP contribution in [0.3, 0.4) is 0 Å². The van der Waals surface area contributed by atoms with Gasteiger partial charge in [-0.1, -0.05) is 17.0 Å². The fourth-order valence-electron chi connectivity index (χ4n) is 3.83. The first-order chi connectivity index (χ1) is 15.4. The number of aliphatic hydroxyl groups is 1. The number of nitrogens with zero attached hydrogens (tertiary/aromatic N) is 1. The van der Waals surface area contributed by atoms with E-state index in [0.29, 0.717) is 53.6 Å². The highest BCUT2D eigenvalue weighted by Crippen LogP contribution is 2.28. The number of hydrogen-bond donors (Lipinski definition) is 4. The lowest BCUT2D eigenvalue weighted by Crippen LogP contribution is -2.51. The average Bonchev–Trinajstić information content (AvgIpc) is 2.81. The van der Waals surface area contributed by atoms with Crippen LogP contribution in [0.25, 0.3) is 10.8 Å². The van der Waals surface area contributed by atoms with Crippen LogP contribution in [0.1, 0.15) is 24.1 Å². The number of phenols is 1. The van der Waals surface area contributed by atoms with Crippen LogP contribution in [-0.4, -0.2) is 40.0 Å². The van der Waals surface area contributed by atoms with Gasteiger partial charge >= 0.3 is 5.63 Å². The molecule has 164 valence electrons. The molecular formula is C24H23N3O5. The SMILES string of the molecule is Cc1noc(=O)c2ccc(NC(=O)C(O)(C#Cc3ccc(O)cc3)C3CCNCC3)cc12. The quantitative estimate of drug-likeness (QED) is 0.465. The number of aromatic nitrogens is 1. The van der Waals surface area contributed by atoms with Crippen molar-refractivity contribution in [3.63, 3.8) is 0 Å². The van der Waals surface area contributed by atoms with Crippen LogP contribution in [-0.2, 0) is 4.79 Å². The molecule has 0 bridgehead atoms. The number of amides is 1. The number of hydrogen-bond acceptors (Lipinski definition) is 7. The number of benzene rings is 2. The van der Waals surface area contributed by atoms with Crippen molar-refractivity contribution in [2.45, 2.75) is 25.4 Å². The molecule has 3 aromatic rings. The van der Waals surface area contributed by atoms with Gasteiger partial charge in [-0.3, -0.25) is 4.79 Å². The summed E-state index contributed by atoms with van der Waals surface area (Å²) in [5.41, 5.74) is -0.984. The number of carbonyl (C=O) groups excluding carboxylic acids is 1. The van der Waals surface area contributed by atoms with E-state index in [1.54, 1.807) is 37.3 Å². The van der Waals surface area contributed by atoms with Gasteiger partial charge < -0.3 is 25.4 Å². The Kier molecular flexibility index (Phi) is 5.95. The largest absolute Gasteiger partial charge is 0.508 e. The van der Waals surface area contributed by atoms with Crippen molar-refractivity contribution in [3.05, 3.63) is 64.1 Å². The maximum Gasteiger partial charge on any atom is 0.366 e. The van der Waals surface area contributed by atoms with Gasteiger partial charge in [-0.25, -0.2) is 4.79 Å². The first kappa shape index (κ1) is 21.6. The lowest BCUT2D eigenvalue weighted by atomic mass is 9.80. The zero-order valence-corrected chi connectivity index (χ0v) is 17.5. The number of piperidine rings is 1. The molecule has 1 fully saturated rings. The van der Waals surface area contributed by atoms with Crippen LogP contribution in [0, 0.1) is 24.7 Å². The van der Waals surface area contributed by atoms with Crippen LogP contribution in [0.4, 0.5) is 5.69 Å². The molecule has 2 aromatic carbocycles. The molecule has 1 aliphatic heterocycles. The Balaban J connectivity index is 1.67. The molecule has 1 unspecified atom stereocenters. The van der Waals surface area contributed by atoms with E-state index >= 15 is 0 Å². The Bertz CT molecular complexity index is 1270. The fourth-order valence-corrected chi connectivity index (χ4v) is 3.83. The van der Waals surface area contributed by atoms with Crippen molar-refractivity contribution in [3.8, 4) is 17.6 Å². The van der Waals surface area contributed by atoms with E-state index in [0.717, 1.165) is 0 Å². The van der Waals surface area contributed by atoms with Crippen molar-refractivity contribution in [1.29, 1.82) is 0 Å². The number of aromatic hydroxyl groups is 1. The summed E-state index contributed by atoms with van der Waals surface area (Å²) in [6.07, 6.45) is 1.19. The van der Waals surface area contributed by atoms with Gasteiger partial charge in [-0.15, -0.1) is 0 Å². The molecule has 0 radical (unpaired) electrons. The minimum Gasteiger partial charge on any atom is -0.508 e. The second-order valence-corrected chi connectivity index (χ2v) is 7.86. The van der Waals surface area contributed by atoms with E-state index in [4.69, 9.17) is 4.52 Å². The summed E-state index contributed by atoms with van der Waals surface area (Å²) in [4.78, 5) is 25.2. The average molecular weight is 433 g/mol. The van der Waals surface area contributed by atoms with Crippen LogP contribution in [0.2, 0.25) is 0 Å². The van der Waals surface area contributed by atoms with Gasteiger partial charge in [0.1, 0.15) is 5.75 Å². The van der Waals surface area contributed by atoms with E-state index in [9.17, 15) is 19.8 Å². The highest BCUT2D eigenvalue weighted by atomic mass is 16.5. The number of phenolic OH excluding ortho intramolecular Hbond substituents is 1. The maximum absolute atomic E-state index is 13.3. The lowest BCUT2D eigenvalue weighted by molar-refractivity contribution is -0.133. The third kappa shape index (κ3) is 4.35. The standard InChI is InChI=1S/C24H23N3O5/c1-15-21-14-18(4-7-20(21)22(29)32-27-15)26-23(30)24(31,17-9-12-25-13-10-17)11-8-16-2-5-19(28)6-3-16/h2-7,14,17,25,28,31H,9-10,12-13H2,1H3,(H,26,30). The summed E-state index contributed by atoms with van der Waals surface area (Å²) in [5, 5.41) is 31.5. The number of carbonyl (C=O) groups is 1. The Labute approximate surface area is 184 Å². The van der Waals surface area contributed by atoms with E-state index in [2.05, 4.69) is 27.6 Å². The first-order valence-corrected chi connectivity index (χ1v) is 10.3. The molecule has 1 amide bonds. The summed E-state index contributed by atoms with van der Waals surface area (Å²) < 4.78 is 4.73. The minimum absolute atomic E-state index is 0.108. The van der Waals surface area contributed by atoms with Gasteiger partial charge in [-0.2, -0.15) is 0 Å². The van der Waals surface area contributed by atoms with E-state index in [1.807, 2.05) is 0 Å². The van der Waals surface area contributed by atoms with Crippen molar-refractivity contribution < 1.29 is 19.5 Å². The predicted octanol–water partition coefficient (Wildman–Crippen LogP) is 1.92. The van der Waals surface area contributed by atoms with E-state index in [-0.39, 0.29) is 11.7 Å². The topological polar surface area (TPSA) is 125 Å². The summed E-state index contributed by atoms with van der Waals surface area (Å²) >= 11 is 0. The zero-order valence-electron chi connectivity index (χ0n) is 17.5. The fraction of sp³-hybridized carbons (Fsp3) is 0.292. The summed E-state index contributed by atoms with van der Waals surface area (Å²) in [6.45, 7) is 3.06. The number of aryl methyl sites for hydroxylation is 1. The third-order valence-corrected chi connectivity index (χ3v) is 5.69. The van der Waals surface area contributed by atoms with Crippen LogP contribution in [0.5, 0.6) is 5.75 Å². The van der Waals surface area contributed by atoms with Crippen molar-refractivity contribution >= 4 is 22.4 Å². The predicted molar refractivity (Wildman–Crippen MR) is 119 cm³/mol. The van der Waals surface area contributed by atoms with E-state index < -0.39 is 17.1 Å². The molecule has 0 spiro atoms. The number of nitrogens with one attached hydrogen (secondary N) is 2. The number of rotatable bonds is 3. The number of anilines is 1. The van der Waals surface area contributed by atoms with Crippen molar-refractivity contribution in [2.75, 3.05) is 18.4 Å². The highest BCUT2D eigenvalue weighted by molar-refractivity contribution is 6.01. The van der Waals surface area contributed by atoms with Gasteiger partial charge in [0.2, 0.25) is 5.60 Å². The van der Waals surface area contributed by atoms with Gasteiger partial charge in [0.15, 0.2) is 0 Å². The smallest absolute Gasteiger partial charge is 0.366 e.